The Bertz CT molecular complexity index is 780. The van der Waals surface area contributed by atoms with Crippen LogP contribution in [0.1, 0.15) is 71.8 Å². The first-order valence-electron chi connectivity index (χ1n) is 13.2. The predicted molar refractivity (Wildman–Crippen MR) is 138 cm³/mol. The highest BCUT2D eigenvalue weighted by atomic mass is 16.7. The van der Waals surface area contributed by atoms with Crippen LogP contribution in [-0.4, -0.2) is 66.9 Å². The summed E-state index contributed by atoms with van der Waals surface area (Å²) in [6.45, 7) is 11.4. The third kappa shape index (κ3) is 10.4. The van der Waals surface area contributed by atoms with Crippen molar-refractivity contribution in [2.75, 3.05) is 33.0 Å². The summed E-state index contributed by atoms with van der Waals surface area (Å²) in [6.07, 6.45) is 3.70. The highest BCUT2D eigenvalue weighted by Gasteiger charge is 2.23. The molecule has 0 spiro atoms. The number of ether oxygens (including phenoxy) is 2. The molecule has 2 atom stereocenters. The molecule has 0 aliphatic carbocycles. The Labute approximate surface area is 210 Å². The first kappa shape index (κ1) is 28.9. The van der Waals surface area contributed by atoms with Gasteiger partial charge in [0.1, 0.15) is 0 Å². The third-order valence-corrected chi connectivity index (χ3v) is 6.09. The quantitative estimate of drug-likeness (QED) is 0.289. The molecule has 1 aromatic carbocycles. The fraction of sp³-hybridized carbons (Fsp3) is 0.704. The lowest BCUT2D eigenvalue weighted by Gasteiger charge is -2.25. The Morgan fingerprint density at radius 2 is 1.80 bits per heavy atom. The number of aliphatic hydroxyl groups is 1. The minimum absolute atomic E-state index is 0.104. The van der Waals surface area contributed by atoms with E-state index in [2.05, 4.69) is 38.3 Å². The summed E-state index contributed by atoms with van der Waals surface area (Å²) in [4.78, 5) is 27.1. The lowest BCUT2D eigenvalue weighted by Crippen LogP contribution is -2.48. The molecule has 8 heteroatoms. The van der Waals surface area contributed by atoms with Crippen molar-refractivity contribution in [1.82, 2.24) is 15.5 Å². The number of carbonyl (C=O) groups excluding carboxylic acids is 2. The lowest BCUT2D eigenvalue weighted by molar-refractivity contribution is -0.131. The van der Waals surface area contributed by atoms with Crippen LogP contribution in [0.15, 0.2) is 18.2 Å². The van der Waals surface area contributed by atoms with Crippen molar-refractivity contribution < 1.29 is 24.2 Å². The maximum Gasteiger partial charge on any atom is 0.231 e. The second-order valence-corrected chi connectivity index (χ2v) is 9.75. The largest absolute Gasteiger partial charge is 0.454 e. The summed E-state index contributed by atoms with van der Waals surface area (Å²) in [5.74, 6) is 1.92. The summed E-state index contributed by atoms with van der Waals surface area (Å²) in [7, 11) is 0. The fourth-order valence-corrected chi connectivity index (χ4v) is 4.13. The Balaban J connectivity index is 1.92. The van der Waals surface area contributed by atoms with Crippen LogP contribution in [0.2, 0.25) is 0 Å². The normalized spacial score (nSPS) is 14.1. The first-order chi connectivity index (χ1) is 16.8. The van der Waals surface area contributed by atoms with E-state index in [9.17, 15) is 14.7 Å². The Kier molecular flexibility index (Phi) is 12.9. The molecule has 1 aliphatic rings. The maximum atomic E-state index is 12.7. The molecule has 0 aromatic heterocycles. The van der Waals surface area contributed by atoms with Crippen molar-refractivity contribution in [3.8, 4) is 11.5 Å². The molecule has 0 fully saturated rings. The van der Waals surface area contributed by atoms with Gasteiger partial charge in [0.15, 0.2) is 11.5 Å². The van der Waals surface area contributed by atoms with Gasteiger partial charge in [0.25, 0.3) is 0 Å². The molecule has 1 heterocycles. The van der Waals surface area contributed by atoms with E-state index < -0.39 is 12.1 Å². The lowest BCUT2D eigenvalue weighted by atomic mass is 10.00. The van der Waals surface area contributed by atoms with Gasteiger partial charge in [-0.1, -0.05) is 33.8 Å². The van der Waals surface area contributed by atoms with E-state index in [1.165, 1.54) is 0 Å². The Morgan fingerprint density at radius 1 is 1.09 bits per heavy atom. The summed E-state index contributed by atoms with van der Waals surface area (Å²) in [5.41, 5.74) is 0.950. The molecular weight excluding hydrogens is 446 g/mol. The van der Waals surface area contributed by atoms with Gasteiger partial charge in [-0.05, 0) is 62.3 Å². The van der Waals surface area contributed by atoms with Crippen LogP contribution >= 0.6 is 0 Å². The summed E-state index contributed by atoms with van der Waals surface area (Å²) < 4.78 is 10.9. The molecular formula is C27H45N3O5. The van der Waals surface area contributed by atoms with Crippen molar-refractivity contribution in [3.63, 3.8) is 0 Å². The van der Waals surface area contributed by atoms with Crippen LogP contribution in [0.3, 0.4) is 0 Å². The van der Waals surface area contributed by atoms with E-state index in [4.69, 9.17) is 9.47 Å². The second kappa shape index (κ2) is 15.6. The van der Waals surface area contributed by atoms with Gasteiger partial charge in [0.2, 0.25) is 18.6 Å². The molecule has 8 nitrogen and oxygen atoms in total. The van der Waals surface area contributed by atoms with Gasteiger partial charge < -0.3 is 30.1 Å². The van der Waals surface area contributed by atoms with E-state index >= 15 is 0 Å². The number of benzene rings is 1. The van der Waals surface area contributed by atoms with Gasteiger partial charge in [-0.2, -0.15) is 0 Å². The number of carbonyl (C=O) groups is 2. The second-order valence-electron chi connectivity index (χ2n) is 9.75. The molecule has 0 saturated carbocycles. The number of nitrogens with zero attached hydrogens (tertiary/aromatic N) is 1. The predicted octanol–water partition coefficient (Wildman–Crippen LogP) is 3.26. The van der Waals surface area contributed by atoms with Crippen LogP contribution in [-0.2, 0) is 16.0 Å². The monoisotopic (exact) mass is 491 g/mol. The topological polar surface area (TPSA) is 100 Å². The van der Waals surface area contributed by atoms with Crippen LogP contribution in [0.4, 0.5) is 0 Å². The highest BCUT2D eigenvalue weighted by molar-refractivity contribution is 5.79. The molecule has 3 N–H and O–H groups in total. The Morgan fingerprint density at radius 3 is 2.49 bits per heavy atom. The van der Waals surface area contributed by atoms with Gasteiger partial charge in [-0.15, -0.1) is 0 Å². The molecule has 0 unspecified atom stereocenters. The van der Waals surface area contributed by atoms with Crippen LogP contribution in [0.5, 0.6) is 11.5 Å². The van der Waals surface area contributed by atoms with Crippen molar-refractivity contribution in [2.45, 2.75) is 84.8 Å². The standard InChI is InChI=1S/C27H45N3O5/c1-5-14-30(15-6-2)27(33)9-7-8-26(32)29-22(23(31)18-28-13-12-20(3)4)16-21-10-11-24-25(17-21)35-19-34-24/h10-11,17,20,22-23,28,31H,5-9,12-16,18-19H2,1-4H3,(H,29,32)/t22-,23+/m0/s1. The van der Waals surface area contributed by atoms with E-state index in [0.717, 1.165) is 44.5 Å². The minimum Gasteiger partial charge on any atom is -0.454 e. The van der Waals surface area contributed by atoms with Gasteiger partial charge in [-0.25, -0.2) is 0 Å². The van der Waals surface area contributed by atoms with E-state index in [1.807, 2.05) is 23.1 Å². The van der Waals surface area contributed by atoms with E-state index in [0.29, 0.717) is 43.2 Å². The first-order valence-corrected chi connectivity index (χ1v) is 13.2. The summed E-state index contributed by atoms with van der Waals surface area (Å²) in [5, 5.41) is 17.2. The third-order valence-electron chi connectivity index (χ3n) is 6.09. The summed E-state index contributed by atoms with van der Waals surface area (Å²) >= 11 is 0. The average molecular weight is 492 g/mol. The van der Waals surface area contributed by atoms with Crippen molar-refractivity contribution in [2.24, 2.45) is 5.92 Å². The van der Waals surface area contributed by atoms with E-state index in [1.54, 1.807) is 0 Å². The summed E-state index contributed by atoms with van der Waals surface area (Å²) in [6, 6.07) is 5.23. The molecule has 0 bridgehead atoms. The van der Waals surface area contributed by atoms with Crippen LogP contribution in [0, 0.1) is 5.92 Å². The molecule has 0 saturated heterocycles. The number of nitrogens with one attached hydrogen (secondary N) is 2. The fourth-order valence-electron chi connectivity index (χ4n) is 4.13. The zero-order chi connectivity index (χ0) is 25.6. The Hall–Kier alpha value is -2.32. The van der Waals surface area contributed by atoms with Gasteiger partial charge >= 0.3 is 0 Å². The molecule has 1 aliphatic heterocycles. The number of hydrogen-bond donors (Lipinski definition) is 3. The number of amides is 2. The zero-order valence-corrected chi connectivity index (χ0v) is 22.0. The number of aliphatic hydroxyl groups excluding tert-OH is 1. The van der Waals surface area contributed by atoms with Crippen molar-refractivity contribution in [3.05, 3.63) is 23.8 Å². The molecule has 35 heavy (non-hydrogen) atoms. The smallest absolute Gasteiger partial charge is 0.231 e. The van der Waals surface area contributed by atoms with Crippen molar-refractivity contribution in [1.29, 1.82) is 0 Å². The SMILES string of the molecule is CCCN(CCC)C(=O)CCCC(=O)N[C@@H](Cc1ccc2c(c1)OCO2)[C@H](O)CNCCC(C)C. The maximum absolute atomic E-state index is 12.7. The zero-order valence-electron chi connectivity index (χ0n) is 22.0. The molecule has 2 rings (SSSR count). The van der Waals surface area contributed by atoms with Gasteiger partial charge in [0.05, 0.1) is 12.1 Å². The number of hydrogen-bond acceptors (Lipinski definition) is 6. The average Bonchev–Trinajstić information content (AvgIpc) is 3.29. The van der Waals surface area contributed by atoms with Crippen LogP contribution in [0.25, 0.3) is 0 Å². The number of fused-ring (bicyclic) bond motifs is 1. The van der Waals surface area contributed by atoms with Crippen LogP contribution < -0.4 is 20.1 Å². The molecule has 1 aromatic rings. The molecule has 2 amide bonds. The molecule has 0 radical (unpaired) electrons. The highest BCUT2D eigenvalue weighted by Crippen LogP contribution is 2.32. The molecule has 198 valence electrons. The number of rotatable bonds is 17. The minimum atomic E-state index is -0.747. The van der Waals surface area contributed by atoms with Gasteiger partial charge in [0, 0.05) is 32.5 Å². The van der Waals surface area contributed by atoms with Gasteiger partial charge in [-0.3, -0.25) is 9.59 Å². The van der Waals surface area contributed by atoms with E-state index in [-0.39, 0.29) is 25.0 Å². The van der Waals surface area contributed by atoms with Crippen molar-refractivity contribution >= 4 is 11.8 Å².